The first-order valence-electron chi connectivity index (χ1n) is 7.61. The minimum absolute atomic E-state index is 0.228. The Hall–Kier alpha value is -1.94. The smallest absolute Gasteiger partial charge is 0.165 e. The van der Waals surface area contributed by atoms with Crippen molar-refractivity contribution in [3.8, 4) is 5.75 Å². The summed E-state index contributed by atoms with van der Waals surface area (Å²) in [5.74, 6) is -1.97. The Bertz CT molecular complexity index is 645. The van der Waals surface area contributed by atoms with Gasteiger partial charge in [0.1, 0.15) is 5.82 Å². The van der Waals surface area contributed by atoms with Gasteiger partial charge in [0, 0.05) is 24.2 Å². The summed E-state index contributed by atoms with van der Waals surface area (Å²) >= 11 is 0. The van der Waals surface area contributed by atoms with Crippen LogP contribution in [0, 0.1) is 11.6 Å². The van der Waals surface area contributed by atoms with Crippen molar-refractivity contribution < 1.29 is 13.9 Å². The molecule has 0 spiro atoms. The van der Waals surface area contributed by atoms with Crippen LogP contribution in [0.5, 0.6) is 5.75 Å². The van der Waals surface area contributed by atoms with Crippen molar-refractivity contribution in [2.24, 2.45) is 0 Å². The zero-order valence-electron chi connectivity index (χ0n) is 12.3. The van der Waals surface area contributed by atoms with E-state index in [0.29, 0.717) is 6.54 Å². The molecule has 116 valence electrons. The van der Waals surface area contributed by atoms with Crippen LogP contribution in [0.4, 0.5) is 8.78 Å². The molecule has 0 aliphatic carbocycles. The fraction of sp³-hybridized carbons (Fsp3) is 0.333. The van der Waals surface area contributed by atoms with E-state index in [-0.39, 0.29) is 11.6 Å². The molecule has 1 atom stereocenters. The van der Waals surface area contributed by atoms with E-state index in [0.717, 1.165) is 37.9 Å². The van der Waals surface area contributed by atoms with Crippen LogP contribution in [0.25, 0.3) is 0 Å². The molecule has 1 aliphatic rings. The molecular weight excluding hydrogens is 284 g/mol. The van der Waals surface area contributed by atoms with Gasteiger partial charge < -0.3 is 5.11 Å². The lowest BCUT2D eigenvalue weighted by Crippen LogP contribution is -2.33. The van der Waals surface area contributed by atoms with E-state index < -0.39 is 17.4 Å². The van der Waals surface area contributed by atoms with E-state index in [2.05, 4.69) is 17.0 Å². The summed E-state index contributed by atoms with van der Waals surface area (Å²) in [6.07, 6.45) is 3.22. The number of halogens is 2. The van der Waals surface area contributed by atoms with Crippen LogP contribution in [0.15, 0.2) is 42.5 Å². The first kappa shape index (κ1) is 15.0. The second-order valence-corrected chi connectivity index (χ2v) is 5.79. The lowest BCUT2D eigenvalue weighted by Gasteiger charge is -2.36. The molecule has 0 saturated carbocycles. The molecule has 0 unspecified atom stereocenters. The fourth-order valence-electron chi connectivity index (χ4n) is 3.15. The number of rotatable bonds is 3. The molecule has 2 aromatic carbocycles. The SMILES string of the molecule is Oc1cc(F)c(CN2CCCC[C@H]2c2ccccc2)cc1F. The van der Waals surface area contributed by atoms with Crippen molar-refractivity contribution in [2.45, 2.75) is 31.8 Å². The second kappa shape index (κ2) is 6.44. The molecule has 22 heavy (non-hydrogen) atoms. The molecule has 1 heterocycles. The van der Waals surface area contributed by atoms with Crippen molar-refractivity contribution >= 4 is 0 Å². The van der Waals surface area contributed by atoms with Gasteiger partial charge in [0.25, 0.3) is 0 Å². The van der Waals surface area contributed by atoms with E-state index in [1.807, 2.05) is 18.2 Å². The van der Waals surface area contributed by atoms with E-state index >= 15 is 0 Å². The molecule has 1 aliphatic heterocycles. The van der Waals surface area contributed by atoms with Gasteiger partial charge in [0.2, 0.25) is 0 Å². The Morgan fingerprint density at radius 3 is 2.59 bits per heavy atom. The number of phenols is 1. The Balaban J connectivity index is 1.84. The van der Waals surface area contributed by atoms with Crippen LogP contribution in [-0.4, -0.2) is 16.6 Å². The number of nitrogens with zero attached hydrogens (tertiary/aromatic N) is 1. The normalized spacial score (nSPS) is 19.3. The highest BCUT2D eigenvalue weighted by Gasteiger charge is 2.25. The minimum atomic E-state index is -0.773. The van der Waals surface area contributed by atoms with Crippen LogP contribution in [0.1, 0.15) is 36.4 Å². The van der Waals surface area contributed by atoms with Crippen molar-refractivity contribution in [2.75, 3.05) is 6.54 Å². The number of benzene rings is 2. The van der Waals surface area contributed by atoms with Gasteiger partial charge in [-0.25, -0.2) is 8.78 Å². The zero-order valence-corrected chi connectivity index (χ0v) is 12.3. The highest BCUT2D eigenvalue weighted by Crippen LogP contribution is 2.33. The minimum Gasteiger partial charge on any atom is -0.505 e. The van der Waals surface area contributed by atoms with Crippen LogP contribution < -0.4 is 0 Å². The molecule has 0 amide bonds. The standard InChI is InChI=1S/C18H19F2NO/c19-15-11-18(22)16(20)10-14(15)12-21-9-5-4-8-17(21)13-6-2-1-3-7-13/h1-3,6-7,10-11,17,22H,4-5,8-9,12H2/t17-/m0/s1. The molecule has 1 saturated heterocycles. The van der Waals surface area contributed by atoms with E-state index in [4.69, 9.17) is 0 Å². The van der Waals surface area contributed by atoms with Crippen LogP contribution in [0.2, 0.25) is 0 Å². The summed E-state index contributed by atoms with van der Waals surface area (Å²) < 4.78 is 27.5. The predicted octanol–water partition coefficient (Wildman–Crippen LogP) is 4.40. The summed E-state index contributed by atoms with van der Waals surface area (Å²) in [4.78, 5) is 2.19. The maximum absolute atomic E-state index is 14.0. The van der Waals surface area contributed by atoms with Gasteiger partial charge in [-0.2, -0.15) is 0 Å². The van der Waals surface area contributed by atoms with E-state index in [1.54, 1.807) is 0 Å². The van der Waals surface area contributed by atoms with Gasteiger partial charge in [0.05, 0.1) is 0 Å². The van der Waals surface area contributed by atoms with Gasteiger partial charge in [0.15, 0.2) is 11.6 Å². The maximum atomic E-state index is 14.0. The van der Waals surface area contributed by atoms with Gasteiger partial charge in [-0.15, -0.1) is 0 Å². The summed E-state index contributed by atoms with van der Waals surface area (Å²) in [6.45, 7) is 1.21. The Morgan fingerprint density at radius 2 is 1.82 bits per heavy atom. The maximum Gasteiger partial charge on any atom is 0.165 e. The number of aromatic hydroxyl groups is 1. The molecule has 4 heteroatoms. The highest BCUT2D eigenvalue weighted by molar-refractivity contribution is 5.30. The average molecular weight is 303 g/mol. The van der Waals surface area contributed by atoms with Crippen LogP contribution in [-0.2, 0) is 6.54 Å². The lowest BCUT2D eigenvalue weighted by atomic mass is 9.94. The van der Waals surface area contributed by atoms with E-state index in [1.165, 1.54) is 5.56 Å². The molecule has 0 aromatic heterocycles. The molecule has 0 bridgehead atoms. The topological polar surface area (TPSA) is 23.5 Å². The third-order valence-electron chi connectivity index (χ3n) is 4.29. The lowest BCUT2D eigenvalue weighted by molar-refractivity contribution is 0.138. The summed E-state index contributed by atoms with van der Waals surface area (Å²) in [5, 5.41) is 9.23. The van der Waals surface area contributed by atoms with Crippen molar-refractivity contribution in [3.63, 3.8) is 0 Å². The Morgan fingerprint density at radius 1 is 1.05 bits per heavy atom. The third-order valence-corrected chi connectivity index (χ3v) is 4.29. The summed E-state index contributed by atoms with van der Waals surface area (Å²) in [6, 6.07) is 12.3. The number of piperidine rings is 1. The third kappa shape index (κ3) is 3.12. The molecule has 0 radical (unpaired) electrons. The van der Waals surface area contributed by atoms with Gasteiger partial charge in [-0.1, -0.05) is 36.8 Å². The monoisotopic (exact) mass is 303 g/mol. The largest absolute Gasteiger partial charge is 0.505 e. The Kier molecular flexibility index (Phi) is 4.39. The van der Waals surface area contributed by atoms with Gasteiger partial charge in [-0.05, 0) is 31.0 Å². The number of phenolic OH excluding ortho intramolecular Hbond substituents is 1. The van der Waals surface area contributed by atoms with Gasteiger partial charge in [-0.3, -0.25) is 4.90 Å². The first-order valence-corrected chi connectivity index (χ1v) is 7.61. The highest BCUT2D eigenvalue weighted by atomic mass is 19.1. The molecule has 2 aromatic rings. The van der Waals surface area contributed by atoms with Crippen LogP contribution >= 0.6 is 0 Å². The van der Waals surface area contributed by atoms with Crippen molar-refractivity contribution in [1.29, 1.82) is 0 Å². The zero-order chi connectivity index (χ0) is 15.5. The number of likely N-dealkylation sites (tertiary alicyclic amines) is 1. The first-order chi connectivity index (χ1) is 10.6. The molecule has 3 rings (SSSR count). The summed E-state index contributed by atoms with van der Waals surface area (Å²) in [5.41, 5.74) is 1.50. The number of hydrogen-bond donors (Lipinski definition) is 1. The van der Waals surface area contributed by atoms with Gasteiger partial charge >= 0.3 is 0 Å². The number of hydrogen-bond acceptors (Lipinski definition) is 2. The quantitative estimate of drug-likeness (QED) is 0.908. The second-order valence-electron chi connectivity index (χ2n) is 5.79. The Labute approximate surface area is 129 Å². The molecule has 1 N–H and O–H groups in total. The van der Waals surface area contributed by atoms with Crippen LogP contribution in [0.3, 0.4) is 0 Å². The molecular formula is C18H19F2NO. The van der Waals surface area contributed by atoms with E-state index in [9.17, 15) is 13.9 Å². The van der Waals surface area contributed by atoms with Crippen molar-refractivity contribution in [3.05, 3.63) is 65.2 Å². The molecule has 1 fully saturated rings. The fourth-order valence-corrected chi connectivity index (χ4v) is 3.15. The molecule has 2 nitrogen and oxygen atoms in total. The predicted molar refractivity (Wildman–Crippen MR) is 81.5 cm³/mol. The average Bonchev–Trinajstić information content (AvgIpc) is 2.54. The summed E-state index contributed by atoms with van der Waals surface area (Å²) in [7, 11) is 0. The van der Waals surface area contributed by atoms with Crippen molar-refractivity contribution in [1.82, 2.24) is 4.90 Å².